The van der Waals surface area contributed by atoms with E-state index in [1.807, 2.05) is 0 Å². The summed E-state index contributed by atoms with van der Waals surface area (Å²) < 4.78 is 0. The molecule has 0 unspecified atom stereocenters. The van der Waals surface area contributed by atoms with Crippen molar-refractivity contribution in [3.8, 4) is 0 Å². The van der Waals surface area contributed by atoms with E-state index in [0.29, 0.717) is 0 Å². The van der Waals surface area contributed by atoms with Crippen LogP contribution in [0.3, 0.4) is 0 Å². The van der Waals surface area contributed by atoms with E-state index in [-0.39, 0.29) is 0 Å². The van der Waals surface area contributed by atoms with Gasteiger partial charge < -0.3 is 4.90 Å². The number of hydrogen-bond donors (Lipinski definition) is 0. The Hall–Kier alpha value is -2.12. The topological polar surface area (TPSA) is 3.24 Å². The molecule has 0 amide bonds. The maximum atomic E-state index is 2.50. The second-order valence-corrected chi connectivity index (χ2v) is 6.63. The van der Waals surface area contributed by atoms with Gasteiger partial charge in [0.25, 0.3) is 0 Å². The Morgan fingerprint density at radius 2 is 1.48 bits per heavy atom. The molecule has 1 fully saturated rings. The van der Waals surface area contributed by atoms with Crippen molar-refractivity contribution >= 4 is 17.7 Å². The van der Waals surface area contributed by atoms with E-state index in [2.05, 4.69) is 78.7 Å². The lowest BCUT2D eigenvalue weighted by molar-refractivity contribution is 0.331. The number of rotatable bonds is 4. The minimum absolute atomic E-state index is 0.837. The summed E-state index contributed by atoms with van der Waals surface area (Å²) in [6.45, 7) is 1.14. The number of hydrogen-bond acceptors (Lipinski definition) is 1. The highest BCUT2D eigenvalue weighted by atomic mass is 15.1. The van der Waals surface area contributed by atoms with Crippen LogP contribution in [0.15, 0.2) is 54.6 Å². The lowest BCUT2D eigenvalue weighted by atomic mass is 9.93. The van der Waals surface area contributed by atoms with Crippen LogP contribution in [0.5, 0.6) is 0 Å². The summed E-state index contributed by atoms with van der Waals surface area (Å²) in [7, 11) is 2.26. The zero-order valence-electron chi connectivity index (χ0n) is 13.7. The monoisotopic (exact) mass is 301 g/mol. The number of nitrogens with zero attached hydrogens (tertiary/aromatic N) is 1. The molecular weight excluding hydrogens is 278 g/mol. The van der Waals surface area contributed by atoms with Crippen molar-refractivity contribution < 1.29 is 0 Å². The van der Waals surface area contributed by atoms with Gasteiger partial charge in [0.1, 0.15) is 0 Å². The molecule has 0 N–H and O–H groups in total. The normalized spacial score (nSPS) is 16.0. The molecule has 2 aromatic carbocycles. The molecule has 0 bridgehead atoms. The van der Waals surface area contributed by atoms with Gasteiger partial charge in [-0.25, -0.2) is 0 Å². The maximum Gasteiger partial charge on any atom is 0.00934 e. The molecule has 0 spiro atoms. The second-order valence-electron chi connectivity index (χ2n) is 6.63. The number of benzene rings is 2. The van der Waals surface area contributed by atoms with Gasteiger partial charge in [-0.15, -0.1) is 0 Å². The van der Waals surface area contributed by atoms with Crippen molar-refractivity contribution in [3.05, 3.63) is 76.9 Å². The third-order valence-electron chi connectivity index (χ3n) is 4.94. The van der Waals surface area contributed by atoms with Gasteiger partial charge in [-0.1, -0.05) is 66.8 Å². The van der Waals surface area contributed by atoms with E-state index >= 15 is 0 Å². The molecule has 23 heavy (non-hydrogen) atoms. The fourth-order valence-electron chi connectivity index (χ4n) is 3.43. The molecule has 1 nitrogen and oxygen atoms in total. The van der Waals surface area contributed by atoms with Crippen molar-refractivity contribution in [3.63, 3.8) is 0 Å². The van der Waals surface area contributed by atoms with Crippen LogP contribution in [0.2, 0.25) is 0 Å². The number of fused-ring (bicyclic) bond motifs is 2. The molecule has 116 valence electrons. The summed E-state index contributed by atoms with van der Waals surface area (Å²) in [4.78, 5) is 2.50. The third-order valence-corrected chi connectivity index (χ3v) is 4.94. The van der Waals surface area contributed by atoms with Crippen LogP contribution >= 0.6 is 0 Å². The molecule has 0 atom stereocenters. The molecule has 2 aromatic rings. The van der Waals surface area contributed by atoms with Crippen molar-refractivity contribution in [2.24, 2.45) is 0 Å². The van der Waals surface area contributed by atoms with Crippen LogP contribution in [0.4, 0.5) is 0 Å². The van der Waals surface area contributed by atoms with Crippen LogP contribution in [-0.2, 0) is 0 Å². The van der Waals surface area contributed by atoms with Gasteiger partial charge in [-0.05, 0) is 54.1 Å². The largest absolute Gasteiger partial charge is 0.303 e. The van der Waals surface area contributed by atoms with Gasteiger partial charge in [0, 0.05) is 12.6 Å². The molecule has 2 aliphatic rings. The fourth-order valence-corrected chi connectivity index (χ4v) is 3.43. The summed E-state index contributed by atoms with van der Waals surface area (Å²) >= 11 is 0. The average molecular weight is 301 g/mol. The first-order valence-corrected chi connectivity index (χ1v) is 8.60. The quantitative estimate of drug-likeness (QED) is 0.649. The van der Waals surface area contributed by atoms with Crippen molar-refractivity contribution in [2.75, 3.05) is 13.6 Å². The maximum absolute atomic E-state index is 2.50. The van der Waals surface area contributed by atoms with Crippen LogP contribution < -0.4 is 0 Å². The van der Waals surface area contributed by atoms with Crippen LogP contribution in [0.1, 0.15) is 41.5 Å². The lowest BCUT2D eigenvalue weighted by Gasteiger charge is -2.16. The highest BCUT2D eigenvalue weighted by Crippen LogP contribution is 2.34. The second kappa shape index (κ2) is 6.17. The third kappa shape index (κ3) is 3.02. The predicted molar refractivity (Wildman–Crippen MR) is 99.2 cm³/mol. The van der Waals surface area contributed by atoms with Gasteiger partial charge in [-0.3, -0.25) is 0 Å². The Kier molecular flexibility index (Phi) is 3.88. The Morgan fingerprint density at radius 3 is 2.04 bits per heavy atom. The molecule has 0 radical (unpaired) electrons. The van der Waals surface area contributed by atoms with Gasteiger partial charge in [0.15, 0.2) is 0 Å². The Bertz CT molecular complexity index is 714. The molecule has 1 heteroatoms. The average Bonchev–Trinajstić information content (AvgIpc) is 3.43. The first-order chi connectivity index (χ1) is 11.3. The zero-order chi connectivity index (χ0) is 15.6. The summed E-state index contributed by atoms with van der Waals surface area (Å²) in [5.41, 5.74) is 6.70. The predicted octanol–water partition coefficient (Wildman–Crippen LogP) is 5.09. The molecule has 0 aromatic heterocycles. The zero-order valence-corrected chi connectivity index (χ0v) is 13.7. The smallest absolute Gasteiger partial charge is 0.00934 e. The summed E-state index contributed by atoms with van der Waals surface area (Å²) in [5, 5.41) is 0. The highest BCUT2D eigenvalue weighted by molar-refractivity contribution is 5.93. The SMILES string of the molecule is CN(CCC=C1c2ccccc2C=Cc2ccccc21)C1CC1. The van der Waals surface area contributed by atoms with Crippen LogP contribution in [-0.4, -0.2) is 24.5 Å². The lowest BCUT2D eigenvalue weighted by Crippen LogP contribution is -2.21. The van der Waals surface area contributed by atoms with E-state index in [1.165, 1.54) is 40.7 Å². The molecule has 2 aliphatic carbocycles. The Balaban J connectivity index is 1.70. The molecule has 0 heterocycles. The van der Waals surface area contributed by atoms with Crippen LogP contribution in [0.25, 0.3) is 17.7 Å². The standard InChI is InChI=1S/C22H23N/c1-23(19-14-15-19)16-6-11-22-20-9-4-2-7-17(20)12-13-18-8-3-5-10-21(18)22/h2-5,7-13,19H,6,14-16H2,1H3. The van der Waals surface area contributed by atoms with Crippen LogP contribution in [0, 0.1) is 0 Å². The van der Waals surface area contributed by atoms with E-state index < -0.39 is 0 Å². The fraction of sp³-hybridized carbons (Fsp3) is 0.273. The van der Waals surface area contributed by atoms with Crippen molar-refractivity contribution in [1.82, 2.24) is 4.90 Å². The van der Waals surface area contributed by atoms with Crippen molar-refractivity contribution in [1.29, 1.82) is 0 Å². The van der Waals surface area contributed by atoms with Crippen molar-refractivity contribution in [2.45, 2.75) is 25.3 Å². The van der Waals surface area contributed by atoms with Gasteiger partial charge >= 0.3 is 0 Å². The Labute approximate surface area is 139 Å². The first-order valence-electron chi connectivity index (χ1n) is 8.60. The van der Waals surface area contributed by atoms with E-state index in [9.17, 15) is 0 Å². The molecule has 0 aliphatic heterocycles. The highest BCUT2D eigenvalue weighted by Gasteiger charge is 2.25. The van der Waals surface area contributed by atoms with E-state index in [0.717, 1.165) is 19.0 Å². The van der Waals surface area contributed by atoms with Gasteiger partial charge in [-0.2, -0.15) is 0 Å². The molecule has 1 saturated carbocycles. The van der Waals surface area contributed by atoms with Gasteiger partial charge in [0.2, 0.25) is 0 Å². The van der Waals surface area contributed by atoms with E-state index in [1.54, 1.807) is 0 Å². The molecule has 0 saturated heterocycles. The summed E-state index contributed by atoms with van der Waals surface area (Å²) in [6.07, 6.45) is 10.8. The minimum Gasteiger partial charge on any atom is -0.303 e. The van der Waals surface area contributed by atoms with Gasteiger partial charge in [0.05, 0.1) is 0 Å². The molecule has 4 rings (SSSR count). The van der Waals surface area contributed by atoms with E-state index in [4.69, 9.17) is 0 Å². The minimum atomic E-state index is 0.837. The molecular formula is C22H23N. The summed E-state index contributed by atoms with van der Waals surface area (Å²) in [6, 6.07) is 18.3. The Morgan fingerprint density at radius 1 is 0.913 bits per heavy atom. The summed E-state index contributed by atoms with van der Waals surface area (Å²) in [5.74, 6) is 0. The first kappa shape index (κ1) is 14.5.